The van der Waals surface area contributed by atoms with Crippen LogP contribution in [0.5, 0.6) is 0 Å². The molecular formula is C23H26N4O2. The van der Waals surface area contributed by atoms with Crippen LogP contribution in [0.2, 0.25) is 0 Å². The van der Waals surface area contributed by atoms with E-state index in [0.717, 1.165) is 30.5 Å². The van der Waals surface area contributed by atoms with Crippen LogP contribution in [0.15, 0.2) is 65.7 Å². The van der Waals surface area contributed by atoms with Crippen molar-refractivity contribution < 1.29 is 9.59 Å². The molecule has 0 spiro atoms. The molecule has 0 radical (unpaired) electrons. The highest BCUT2D eigenvalue weighted by molar-refractivity contribution is 6.09. The average Bonchev–Trinajstić information content (AvgIpc) is 3.01. The number of piperidine rings is 1. The van der Waals surface area contributed by atoms with E-state index in [4.69, 9.17) is 10.7 Å². The van der Waals surface area contributed by atoms with Gasteiger partial charge in [0.1, 0.15) is 0 Å². The van der Waals surface area contributed by atoms with Gasteiger partial charge in [-0.05, 0) is 29.9 Å². The number of nitrogens with two attached hydrogens (primary N) is 1. The second-order valence-electron chi connectivity index (χ2n) is 7.80. The average molecular weight is 390 g/mol. The van der Waals surface area contributed by atoms with Crippen LogP contribution in [0, 0.1) is 5.92 Å². The Bertz CT molecular complexity index is 887. The van der Waals surface area contributed by atoms with Crippen LogP contribution in [-0.2, 0) is 15.1 Å². The number of benzene rings is 2. The number of amides is 2. The molecular weight excluding hydrogens is 364 g/mol. The Balaban J connectivity index is 1.67. The molecule has 1 saturated heterocycles. The van der Waals surface area contributed by atoms with Crippen molar-refractivity contribution in [1.82, 2.24) is 9.80 Å². The molecule has 2 aromatic rings. The number of carbonyl (C=O) groups is 2. The van der Waals surface area contributed by atoms with Crippen molar-refractivity contribution in [1.29, 1.82) is 0 Å². The summed E-state index contributed by atoms with van der Waals surface area (Å²) in [6, 6.07) is 19.2. The fraction of sp³-hybridized carbons (Fsp3) is 0.348. The van der Waals surface area contributed by atoms with Gasteiger partial charge >= 0.3 is 0 Å². The first-order valence-electron chi connectivity index (χ1n) is 10.1. The Hall–Kier alpha value is -3.15. The Labute approximate surface area is 171 Å². The molecule has 0 saturated carbocycles. The minimum Gasteiger partial charge on any atom is -0.369 e. The highest BCUT2D eigenvalue weighted by Gasteiger charge is 2.50. The second-order valence-corrected chi connectivity index (χ2v) is 7.80. The molecule has 6 heteroatoms. The second kappa shape index (κ2) is 7.70. The summed E-state index contributed by atoms with van der Waals surface area (Å²) >= 11 is 0. The molecule has 0 bridgehead atoms. The van der Waals surface area contributed by atoms with Gasteiger partial charge in [-0.3, -0.25) is 14.5 Å². The number of guanidine groups is 1. The molecule has 2 heterocycles. The third-order valence-electron chi connectivity index (χ3n) is 5.90. The predicted molar refractivity (Wildman–Crippen MR) is 112 cm³/mol. The molecule has 2 aliphatic heterocycles. The maximum atomic E-state index is 13.8. The first kappa shape index (κ1) is 19.2. The predicted octanol–water partition coefficient (Wildman–Crippen LogP) is 2.35. The molecule has 150 valence electrons. The normalized spacial score (nSPS) is 21.2. The lowest BCUT2D eigenvalue weighted by molar-refractivity contribution is -0.132. The molecule has 1 unspecified atom stereocenters. The van der Waals surface area contributed by atoms with E-state index < -0.39 is 5.54 Å². The van der Waals surface area contributed by atoms with Crippen molar-refractivity contribution in [2.45, 2.75) is 25.3 Å². The van der Waals surface area contributed by atoms with Gasteiger partial charge in [0, 0.05) is 26.6 Å². The van der Waals surface area contributed by atoms with Crippen LogP contribution in [0.4, 0.5) is 0 Å². The van der Waals surface area contributed by atoms with Crippen molar-refractivity contribution in [2.24, 2.45) is 16.6 Å². The summed E-state index contributed by atoms with van der Waals surface area (Å²) in [6.07, 6.45) is 1.90. The van der Waals surface area contributed by atoms with Gasteiger partial charge in [-0.2, -0.15) is 0 Å². The van der Waals surface area contributed by atoms with Gasteiger partial charge in [0.05, 0.1) is 0 Å². The van der Waals surface area contributed by atoms with Gasteiger partial charge < -0.3 is 10.6 Å². The van der Waals surface area contributed by atoms with E-state index in [0.29, 0.717) is 13.1 Å². The largest absolute Gasteiger partial charge is 0.369 e. The molecule has 2 amide bonds. The van der Waals surface area contributed by atoms with E-state index in [9.17, 15) is 9.59 Å². The van der Waals surface area contributed by atoms with Crippen molar-refractivity contribution in [2.75, 3.05) is 19.6 Å². The monoisotopic (exact) mass is 390 g/mol. The number of aliphatic imine (C=N–C) groups is 1. The van der Waals surface area contributed by atoms with Gasteiger partial charge in [-0.25, -0.2) is 4.99 Å². The zero-order valence-electron chi connectivity index (χ0n) is 16.6. The quantitative estimate of drug-likeness (QED) is 0.870. The highest BCUT2D eigenvalue weighted by Crippen LogP contribution is 2.40. The van der Waals surface area contributed by atoms with Crippen LogP contribution in [0.1, 0.15) is 30.9 Å². The number of carbonyl (C=O) groups excluding carboxylic acids is 2. The lowest BCUT2D eigenvalue weighted by Gasteiger charge is -2.34. The maximum absolute atomic E-state index is 13.8. The smallest absolute Gasteiger partial charge is 0.266 e. The summed E-state index contributed by atoms with van der Waals surface area (Å²) in [6.45, 7) is 3.49. The number of hydrogen-bond donors (Lipinski definition) is 1. The Kier molecular flexibility index (Phi) is 5.09. The fourth-order valence-corrected chi connectivity index (χ4v) is 4.42. The van der Waals surface area contributed by atoms with Crippen LogP contribution in [0.25, 0.3) is 0 Å². The van der Waals surface area contributed by atoms with E-state index in [-0.39, 0.29) is 23.7 Å². The van der Waals surface area contributed by atoms with Gasteiger partial charge in [0.2, 0.25) is 5.91 Å². The molecule has 0 aliphatic carbocycles. The third-order valence-corrected chi connectivity index (χ3v) is 5.90. The fourth-order valence-electron chi connectivity index (χ4n) is 4.42. The first-order valence-corrected chi connectivity index (χ1v) is 10.1. The first-order chi connectivity index (χ1) is 14.0. The standard InChI is InChI=1S/C23H26N4O2/c1-17(28)26-14-8-9-18(15-26)16-27-21(29)23(25-22(27)24,19-10-4-2-5-11-19)20-12-6-3-7-13-20/h2-7,10-13,18H,8-9,14-16H2,1H3,(H2,24,25). The number of hydrogen-bond acceptors (Lipinski definition) is 4. The molecule has 2 aromatic carbocycles. The zero-order valence-corrected chi connectivity index (χ0v) is 16.6. The van der Waals surface area contributed by atoms with Crippen molar-refractivity contribution in [3.63, 3.8) is 0 Å². The SMILES string of the molecule is CC(=O)N1CCCC(CN2C(=O)C(c3ccccc3)(c3ccccc3)N=C2N)C1. The summed E-state index contributed by atoms with van der Waals surface area (Å²) in [5, 5.41) is 0. The Morgan fingerprint density at radius 3 is 2.24 bits per heavy atom. The summed E-state index contributed by atoms with van der Waals surface area (Å²) in [7, 11) is 0. The number of nitrogens with zero attached hydrogens (tertiary/aromatic N) is 3. The van der Waals surface area contributed by atoms with E-state index >= 15 is 0 Å². The van der Waals surface area contributed by atoms with Crippen molar-refractivity contribution in [3.05, 3.63) is 71.8 Å². The zero-order chi connectivity index (χ0) is 20.4. The minimum absolute atomic E-state index is 0.0759. The molecule has 1 fully saturated rings. The summed E-state index contributed by atoms with van der Waals surface area (Å²) in [5.74, 6) is 0.370. The molecule has 0 aromatic heterocycles. The van der Waals surface area contributed by atoms with E-state index in [2.05, 4.69) is 0 Å². The summed E-state index contributed by atoms with van der Waals surface area (Å²) < 4.78 is 0. The van der Waals surface area contributed by atoms with Gasteiger partial charge in [-0.15, -0.1) is 0 Å². The molecule has 1 atom stereocenters. The highest BCUT2D eigenvalue weighted by atomic mass is 16.2. The Morgan fingerprint density at radius 2 is 1.69 bits per heavy atom. The third kappa shape index (κ3) is 3.39. The van der Waals surface area contributed by atoms with Gasteiger partial charge in [0.25, 0.3) is 5.91 Å². The van der Waals surface area contributed by atoms with E-state index in [1.807, 2.05) is 65.6 Å². The van der Waals surface area contributed by atoms with Crippen LogP contribution >= 0.6 is 0 Å². The number of likely N-dealkylation sites (tertiary alicyclic amines) is 1. The lowest BCUT2D eigenvalue weighted by Crippen LogP contribution is -2.49. The van der Waals surface area contributed by atoms with Gasteiger partial charge in [-0.1, -0.05) is 60.7 Å². The minimum atomic E-state index is -1.17. The van der Waals surface area contributed by atoms with E-state index in [1.54, 1.807) is 11.8 Å². The van der Waals surface area contributed by atoms with Crippen LogP contribution in [0.3, 0.4) is 0 Å². The van der Waals surface area contributed by atoms with Crippen molar-refractivity contribution in [3.8, 4) is 0 Å². The van der Waals surface area contributed by atoms with E-state index in [1.165, 1.54) is 0 Å². The molecule has 2 aliphatic rings. The molecule has 4 rings (SSSR count). The van der Waals surface area contributed by atoms with Crippen LogP contribution in [-0.4, -0.2) is 47.2 Å². The lowest BCUT2D eigenvalue weighted by atomic mass is 9.82. The van der Waals surface area contributed by atoms with Crippen molar-refractivity contribution >= 4 is 17.8 Å². The molecule has 2 N–H and O–H groups in total. The van der Waals surface area contributed by atoms with Crippen LogP contribution < -0.4 is 5.73 Å². The molecule has 6 nitrogen and oxygen atoms in total. The summed E-state index contributed by atoms with van der Waals surface area (Å²) in [5.41, 5.74) is 6.74. The number of rotatable bonds is 4. The Morgan fingerprint density at radius 1 is 1.10 bits per heavy atom. The maximum Gasteiger partial charge on any atom is 0.266 e. The summed E-state index contributed by atoms with van der Waals surface area (Å²) in [4.78, 5) is 33.7. The topological polar surface area (TPSA) is 79.0 Å². The molecule has 29 heavy (non-hydrogen) atoms. The van der Waals surface area contributed by atoms with Gasteiger partial charge in [0.15, 0.2) is 11.5 Å².